The molecule has 1 saturated heterocycles. The highest BCUT2D eigenvalue weighted by molar-refractivity contribution is 7.92. The van der Waals surface area contributed by atoms with Crippen LogP contribution in [0, 0.1) is 0 Å². The van der Waals surface area contributed by atoms with Gasteiger partial charge in [0.05, 0.1) is 10.8 Å². The third-order valence-corrected chi connectivity index (χ3v) is 7.15. The zero-order valence-corrected chi connectivity index (χ0v) is 19.3. The van der Waals surface area contributed by atoms with Gasteiger partial charge in [-0.25, -0.2) is 8.42 Å². The van der Waals surface area contributed by atoms with Crippen molar-refractivity contribution in [2.24, 2.45) is 0 Å². The van der Waals surface area contributed by atoms with Gasteiger partial charge in [-0.2, -0.15) is 4.98 Å². The van der Waals surface area contributed by atoms with E-state index in [9.17, 15) is 13.2 Å². The van der Waals surface area contributed by atoms with Crippen LogP contribution >= 0.6 is 11.6 Å². The van der Waals surface area contributed by atoms with E-state index in [2.05, 4.69) is 14.9 Å². The van der Waals surface area contributed by atoms with Gasteiger partial charge in [-0.3, -0.25) is 9.52 Å². The molecule has 5 rings (SSSR count). The summed E-state index contributed by atoms with van der Waals surface area (Å²) in [7, 11) is -3.74. The molecular formula is C24H19ClN4O4S. The Morgan fingerprint density at radius 3 is 2.38 bits per heavy atom. The third kappa shape index (κ3) is 4.52. The zero-order valence-electron chi connectivity index (χ0n) is 17.8. The normalized spacial score (nSPS) is 16.1. The number of para-hydroxylation sites is 1. The van der Waals surface area contributed by atoms with Gasteiger partial charge in [0.25, 0.3) is 10.0 Å². The molecule has 4 aromatic rings. The first kappa shape index (κ1) is 22.1. The largest absolute Gasteiger partial charge is 0.339 e. The van der Waals surface area contributed by atoms with Crippen LogP contribution in [0.2, 0.25) is 5.02 Å². The monoisotopic (exact) mass is 494 g/mol. The molecule has 2 heterocycles. The highest BCUT2D eigenvalue weighted by Crippen LogP contribution is 2.32. The summed E-state index contributed by atoms with van der Waals surface area (Å²) in [5.41, 5.74) is 1.89. The second-order valence-corrected chi connectivity index (χ2v) is 9.95. The Balaban J connectivity index is 1.28. The molecule has 1 atom stereocenters. The number of nitrogens with zero attached hydrogens (tertiary/aromatic N) is 3. The van der Waals surface area contributed by atoms with Crippen molar-refractivity contribution in [3.63, 3.8) is 0 Å². The molecule has 0 aliphatic carbocycles. The molecule has 1 aliphatic rings. The number of halogens is 1. The van der Waals surface area contributed by atoms with Crippen LogP contribution < -0.4 is 9.62 Å². The van der Waals surface area contributed by atoms with Crippen molar-refractivity contribution in [2.75, 3.05) is 16.2 Å². The molecule has 1 aromatic heterocycles. The molecule has 0 unspecified atom stereocenters. The molecule has 3 aromatic carbocycles. The molecule has 0 saturated carbocycles. The van der Waals surface area contributed by atoms with Crippen LogP contribution in [0.4, 0.5) is 11.4 Å². The molecule has 8 nitrogen and oxygen atoms in total. The van der Waals surface area contributed by atoms with E-state index in [4.69, 9.17) is 16.1 Å². The van der Waals surface area contributed by atoms with E-state index < -0.39 is 10.0 Å². The lowest BCUT2D eigenvalue weighted by Gasteiger charge is -2.15. The smallest absolute Gasteiger partial charge is 0.261 e. The number of anilines is 2. The van der Waals surface area contributed by atoms with Gasteiger partial charge in [-0.05, 0) is 60.7 Å². The summed E-state index contributed by atoms with van der Waals surface area (Å²) in [6.45, 7) is 0.468. The van der Waals surface area contributed by atoms with Crippen molar-refractivity contribution in [1.82, 2.24) is 10.1 Å². The molecule has 10 heteroatoms. The highest BCUT2D eigenvalue weighted by Gasteiger charge is 2.35. The van der Waals surface area contributed by atoms with Crippen molar-refractivity contribution in [3.05, 3.63) is 89.8 Å². The van der Waals surface area contributed by atoms with Gasteiger partial charge in [-0.1, -0.05) is 35.0 Å². The van der Waals surface area contributed by atoms with E-state index in [1.165, 1.54) is 24.3 Å². The fourth-order valence-corrected chi connectivity index (χ4v) is 4.95. The standard InChI is InChI=1S/C24H19ClN4O4S/c25-18-8-12-21(13-9-18)34(31,32)28-19-10-6-16(7-11-19)23-26-24(33-27-23)17-14-22(30)29(15-17)20-4-2-1-3-5-20/h1-13,17,28H,14-15H2/t17-/m1/s1. The Morgan fingerprint density at radius 2 is 1.68 bits per heavy atom. The number of hydrogen-bond acceptors (Lipinski definition) is 6. The van der Waals surface area contributed by atoms with Crippen molar-refractivity contribution >= 4 is 38.9 Å². The molecule has 0 radical (unpaired) electrons. The van der Waals surface area contributed by atoms with E-state index in [0.717, 1.165) is 5.69 Å². The van der Waals surface area contributed by atoms with E-state index >= 15 is 0 Å². The van der Waals surface area contributed by atoms with Gasteiger partial charge in [0, 0.05) is 34.9 Å². The molecular weight excluding hydrogens is 476 g/mol. The lowest BCUT2D eigenvalue weighted by Crippen LogP contribution is -2.24. The number of carbonyl (C=O) groups is 1. The predicted molar refractivity (Wildman–Crippen MR) is 128 cm³/mol. The molecule has 0 spiro atoms. The second-order valence-electron chi connectivity index (χ2n) is 7.83. The Morgan fingerprint density at radius 1 is 0.971 bits per heavy atom. The Bertz CT molecular complexity index is 1420. The van der Waals surface area contributed by atoms with E-state index in [-0.39, 0.29) is 16.7 Å². The van der Waals surface area contributed by atoms with Crippen molar-refractivity contribution in [2.45, 2.75) is 17.2 Å². The second kappa shape index (κ2) is 8.92. The van der Waals surface area contributed by atoms with Crippen LogP contribution in [0.5, 0.6) is 0 Å². The number of amides is 1. The van der Waals surface area contributed by atoms with Gasteiger partial charge in [0.15, 0.2) is 0 Å². The van der Waals surface area contributed by atoms with Crippen LogP contribution in [-0.4, -0.2) is 31.0 Å². The number of carbonyl (C=O) groups excluding carboxylic acids is 1. The van der Waals surface area contributed by atoms with Gasteiger partial charge in [0.2, 0.25) is 17.6 Å². The number of benzene rings is 3. The maximum absolute atomic E-state index is 12.5. The summed E-state index contributed by atoms with van der Waals surface area (Å²) in [5, 5.41) is 4.50. The van der Waals surface area contributed by atoms with Gasteiger partial charge < -0.3 is 9.42 Å². The molecule has 1 fully saturated rings. The predicted octanol–water partition coefficient (Wildman–Crippen LogP) is 4.71. The average molecular weight is 495 g/mol. The SMILES string of the molecule is O=C1C[C@@H](c2nc(-c3ccc(NS(=O)(=O)c4ccc(Cl)cc4)cc3)no2)CN1c1ccccc1. The number of sulfonamides is 1. The maximum Gasteiger partial charge on any atom is 0.261 e. The molecule has 172 valence electrons. The van der Waals surface area contributed by atoms with Crippen LogP contribution in [0.25, 0.3) is 11.4 Å². The van der Waals surface area contributed by atoms with Gasteiger partial charge in [-0.15, -0.1) is 0 Å². The van der Waals surface area contributed by atoms with Crippen molar-refractivity contribution in [3.8, 4) is 11.4 Å². The maximum atomic E-state index is 12.5. The third-order valence-electron chi connectivity index (χ3n) is 5.50. The first-order valence-corrected chi connectivity index (χ1v) is 12.3. The van der Waals surface area contributed by atoms with Crippen molar-refractivity contribution < 1.29 is 17.7 Å². The summed E-state index contributed by atoms with van der Waals surface area (Å²) in [6, 6.07) is 22.0. The Labute approximate surface area is 201 Å². The summed E-state index contributed by atoms with van der Waals surface area (Å²) in [4.78, 5) is 18.8. The summed E-state index contributed by atoms with van der Waals surface area (Å²) in [5.74, 6) is 0.578. The number of aromatic nitrogens is 2. The lowest BCUT2D eigenvalue weighted by atomic mass is 10.1. The van der Waals surface area contributed by atoms with Crippen LogP contribution in [-0.2, 0) is 14.8 Å². The minimum atomic E-state index is -3.74. The summed E-state index contributed by atoms with van der Waals surface area (Å²) in [6.07, 6.45) is 0.294. The molecule has 1 N–H and O–H groups in total. The lowest BCUT2D eigenvalue weighted by molar-refractivity contribution is -0.117. The van der Waals surface area contributed by atoms with E-state index in [0.29, 0.717) is 41.0 Å². The van der Waals surface area contributed by atoms with Gasteiger partial charge >= 0.3 is 0 Å². The minimum Gasteiger partial charge on any atom is -0.339 e. The fourth-order valence-electron chi connectivity index (χ4n) is 3.76. The first-order valence-electron chi connectivity index (χ1n) is 10.5. The molecule has 1 aliphatic heterocycles. The Hall–Kier alpha value is -3.69. The number of nitrogens with one attached hydrogen (secondary N) is 1. The number of hydrogen-bond donors (Lipinski definition) is 1. The first-order chi connectivity index (χ1) is 16.4. The number of rotatable bonds is 6. The molecule has 0 bridgehead atoms. The fraction of sp³-hybridized carbons (Fsp3) is 0.125. The Kier molecular flexibility index (Phi) is 5.80. The quantitative estimate of drug-likeness (QED) is 0.416. The summed E-state index contributed by atoms with van der Waals surface area (Å²) < 4.78 is 33.1. The van der Waals surface area contributed by atoms with Crippen LogP contribution in [0.3, 0.4) is 0 Å². The van der Waals surface area contributed by atoms with E-state index in [1.807, 2.05) is 30.3 Å². The topological polar surface area (TPSA) is 105 Å². The van der Waals surface area contributed by atoms with Crippen LogP contribution in [0.15, 0.2) is 88.3 Å². The molecule has 34 heavy (non-hydrogen) atoms. The van der Waals surface area contributed by atoms with E-state index in [1.54, 1.807) is 29.2 Å². The zero-order chi connectivity index (χ0) is 23.7. The van der Waals surface area contributed by atoms with Crippen molar-refractivity contribution in [1.29, 1.82) is 0 Å². The average Bonchev–Trinajstić information content (AvgIpc) is 3.47. The van der Waals surface area contributed by atoms with Gasteiger partial charge in [0.1, 0.15) is 0 Å². The molecule has 1 amide bonds. The highest BCUT2D eigenvalue weighted by atomic mass is 35.5. The minimum absolute atomic E-state index is 0.00766. The van der Waals surface area contributed by atoms with Crippen LogP contribution in [0.1, 0.15) is 18.2 Å². The summed E-state index contributed by atoms with van der Waals surface area (Å²) >= 11 is 5.83.